The van der Waals surface area contributed by atoms with Gasteiger partial charge in [0.15, 0.2) is 0 Å². The van der Waals surface area contributed by atoms with Gasteiger partial charge in [0, 0.05) is 18.2 Å². The fourth-order valence-corrected chi connectivity index (χ4v) is 2.69. The van der Waals surface area contributed by atoms with Crippen LogP contribution < -0.4 is 11.1 Å². The number of benzene rings is 1. The predicted octanol–water partition coefficient (Wildman–Crippen LogP) is 1.52. The SMILES string of the molecule is CC1(C(=O)O)CCCC1NC(=O)c1ccc(CN)cc1. The molecular formula is C15H20N2O3. The van der Waals surface area contributed by atoms with Crippen LogP contribution in [0.3, 0.4) is 0 Å². The molecule has 108 valence electrons. The summed E-state index contributed by atoms with van der Waals surface area (Å²) in [5, 5.41) is 12.2. The van der Waals surface area contributed by atoms with E-state index in [-0.39, 0.29) is 11.9 Å². The van der Waals surface area contributed by atoms with Crippen molar-refractivity contribution >= 4 is 11.9 Å². The highest BCUT2D eigenvalue weighted by Gasteiger charge is 2.45. The Balaban J connectivity index is 2.09. The third kappa shape index (κ3) is 2.67. The number of hydrogen-bond acceptors (Lipinski definition) is 3. The number of carboxylic acids is 1. The number of rotatable bonds is 4. The van der Waals surface area contributed by atoms with Crippen LogP contribution >= 0.6 is 0 Å². The Hall–Kier alpha value is -1.88. The zero-order valence-corrected chi connectivity index (χ0v) is 11.6. The maximum atomic E-state index is 12.2. The van der Waals surface area contributed by atoms with Crippen molar-refractivity contribution < 1.29 is 14.7 Å². The molecule has 1 aliphatic carbocycles. The average molecular weight is 276 g/mol. The molecule has 2 rings (SSSR count). The van der Waals surface area contributed by atoms with Crippen molar-refractivity contribution in [2.24, 2.45) is 11.1 Å². The quantitative estimate of drug-likeness (QED) is 0.777. The fourth-order valence-electron chi connectivity index (χ4n) is 2.69. The second-order valence-corrected chi connectivity index (χ2v) is 5.54. The van der Waals surface area contributed by atoms with Gasteiger partial charge in [-0.25, -0.2) is 0 Å². The zero-order valence-electron chi connectivity index (χ0n) is 11.6. The standard InChI is InChI=1S/C15H20N2O3/c1-15(14(19)20)8-2-3-12(15)17-13(18)11-6-4-10(9-16)5-7-11/h4-7,12H,2-3,8-9,16H2,1H3,(H,17,18)(H,19,20). The molecule has 0 spiro atoms. The molecule has 0 aliphatic heterocycles. The molecule has 2 unspecified atom stereocenters. The first kappa shape index (κ1) is 14.5. The van der Waals surface area contributed by atoms with Crippen LogP contribution in [-0.2, 0) is 11.3 Å². The molecule has 1 aromatic carbocycles. The van der Waals surface area contributed by atoms with E-state index < -0.39 is 11.4 Å². The number of hydrogen-bond donors (Lipinski definition) is 3. The third-order valence-electron chi connectivity index (χ3n) is 4.20. The summed E-state index contributed by atoms with van der Waals surface area (Å²) < 4.78 is 0. The molecule has 5 nitrogen and oxygen atoms in total. The lowest BCUT2D eigenvalue weighted by atomic mass is 9.85. The van der Waals surface area contributed by atoms with Crippen LogP contribution in [0.25, 0.3) is 0 Å². The maximum absolute atomic E-state index is 12.2. The van der Waals surface area contributed by atoms with Crippen LogP contribution in [-0.4, -0.2) is 23.0 Å². The number of nitrogens with one attached hydrogen (secondary N) is 1. The van der Waals surface area contributed by atoms with E-state index in [0.29, 0.717) is 24.9 Å². The maximum Gasteiger partial charge on any atom is 0.311 e. The zero-order chi connectivity index (χ0) is 14.8. The molecule has 1 fully saturated rings. The molecule has 1 amide bonds. The molecule has 1 aromatic rings. The number of carboxylic acid groups (broad SMARTS) is 1. The summed E-state index contributed by atoms with van der Waals surface area (Å²) in [4.78, 5) is 23.5. The van der Waals surface area contributed by atoms with Gasteiger partial charge in [-0.15, -0.1) is 0 Å². The second kappa shape index (κ2) is 5.63. The van der Waals surface area contributed by atoms with E-state index in [0.717, 1.165) is 12.0 Å². The first-order valence-electron chi connectivity index (χ1n) is 6.80. The van der Waals surface area contributed by atoms with E-state index in [4.69, 9.17) is 5.73 Å². The summed E-state index contributed by atoms with van der Waals surface area (Å²) in [6.07, 6.45) is 2.12. The number of carbonyl (C=O) groups is 2. The Labute approximate surface area is 118 Å². The van der Waals surface area contributed by atoms with E-state index in [1.54, 1.807) is 31.2 Å². The minimum atomic E-state index is -0.868. The van der Waals surface area contributed by atoms with E-state index in [9.17, 15) is 14.7 Å². The Morgan fingerprint density at radius 1 is 1.40 bits per heavy atom. The Bertz CT molecular complexity index is 512. The molecule has 4 N–H and O–H groups in total. The summed E-state index contributed by atoms with van der Waals surface area (Å²) in [5.41, 5.74) is 6.13. The highest BCUT2D eigenvalue weighted by atomic mass is 16.4. The molecule has 0 bridgehead atoms. The van der Waals surface area contributed by atoms with Crippen LogP contribution in [0.15, 0.2) is 24.3 Å². The van der Waals surface area contributed by atoms with Crippen molar-refractivity contribution in [2.75, 3.05) is 0 Å². The van der Waals surface area contributed by atoms with Crippen LogP contribution in [0.5, 0.6) is 0 Å². The van der Waals surface area contributed by atoms with Gasteiger partial charge < -0.3 is 16.2 Å². The Morgan fingerprint density at radius 3 is 2.60 bits per heavy atom. The summed E-state index contributed by atoms with van der Waals surface area (Å²) in [7, 11) is 0. The molecule has 2 atom stereocenters. The molecule has 1 saturated carbocycles. The largest absolute Gasteiger partial charge is 0.481 e. The van der Waals surface area contributed by atoms with Gasteiger partial charge in [0.1, 0.15) is 0 Å². The number of carbonyl (C=O) groups excluding carboxylic acids is 1. The lowest BCUT2D eigenvalue weighted by Gasteiger charge is -2.27. The van der Waals surface area contributed by atoms with Gasteiger partial charge >= 0.3 is 5.97 Å². The molecule has 0 radical (unpaired) electrons. The van der Waals surface area contributed by atoms with Crippen molar-refractivity contribution in [1.82, 2.24) is 5.32 Å². The molecular weight excluding hydrogens is 256 g/mol. The van der Waals surface area contributed by atoms with Gasteiger partial charge in [-0.2, -0.15) is 0 Å². The normalized spacial score (nSPS) is 25.4. The van der Waals surface area contributed by atoms with Gasteiger partial charge in [-0.05, 0) is 37.5 Å². The highest BCUT2D eigenvalue weighted by Crippen LogP contribution is 2.38. The molecule has 0 aromatic heterocycles. The summed E-state index contributed by atoms with van der Waals surface area (Å²) in [6.45, 7) is 2.13. The average Bonchev–Trinajstić information content (AvgIpc) is 2.81. The van der Waals surface area contributed by atoms with Crippen LogP contribution in [0.1, 0.15) is 42.1 Å². The third-order valence-corrected chi connectivity index (χ3v) is 4.20. The second-order valence-electron chi connectivity index (χ2n) is 5.54. The van der Waals surface area contributed by atoms with E-state index in [1.807, 2.05) is 0 Å². The van der Waals surface area contributed by atoms with Gasteiger partial charge in [-0.1, -0.05) is 18.6 Å². The van der Waals surface area contributed by atoms with Gasteiger partial charge in [0.2, 0.25) is 0 Å². The number of nitrogens with two attached hydrogens (primary N) is 1. The van der Waals surface area contributed by atoms with E-state index in [2.05, 4.69) is 5.32 Å². The Kier molecular flexibility index (Phi) is 4.09. The number of aliphatic carboxylic acids is 1. The highest BCUT2D eigenvalue weighted by molar-refractivity contribution is 5.95. The summed E-state index contributed by atoms with van der Waals surface area (Å²) in [6, 6.07) is 6.72. The van der Waals surface area contributed by atoms with Crippen LogP contribution in [0.4, 0.5) is 0 Å². The summed E-state index contributed by atoms with van der Waals surface area (Å²) >= 11 is 0. The topological polar surface area (TPSA) is 92.4 Å². The Morgan fingerprint density at radius 2 is 2.05 bits per heavy atom. The first-order valence-corrected chi connectivity index (χ1v) is 6.80. The van der Waals surface area contributed by atoms with Crippen LogP contribution in [0.2, 0.25) is 0 Å². The lowest BCUT2D eigenvalue weighted by Crippen LogP contribution is -2.47. The monoisotopic (exact) mass is 276 g/mol. The molecule has 1 aliphatic rings. The molecule has 0 heterocycles. The van der Waals surface area contributed by atoms with Crippen molar-refractivity contribution in [3.63, 3.8) is 0 Å². The van der Waals surface area contributed by atoms with Crippen molar-refractivity contribution in [3.05, 3.63) is 35.4 Å². The molecule has 5 heteroatoms. The fraction of sp³-hybridized carbons (Fsp3) is 0.467. The first-order chi connectivity index (χ1) is 9.47. The summed E-state index contributed by atoms with van der Waals surface area (Å²) in [5.74, 6) is -1.08. The van der Waals surface area contributed by atoms with Gasteiger partial charge in [0.05, 0.1) is 5.41 Å². The van der Waals surface area contributed by atoms with Crippen molar-refractivity contribution in [1.29, 1.82) is 0 Å². The lowest BCUT2D eigenvalue weighted by molar-refractivity contribution is -0.148. The van der Waals surface area contributed by atoms with E-state index >= 15 is 0 Å². The van der Waals surface area contributed by atoms with Crippen molar-refractivity contribution in [3.8, 4) is 0 Å². The van der Waals surface area contributed by atoms with Gasteiger partial charge in [0.25, 0.3) is 5.91 Å². The smallest absolute Gasteiger partial charge is 0.311 e. The minimum absolute atomic E-state index is 0.229. The van der Waals surface area contributed by atoms with Crippen molar-refractivity contribution in [2.45, 2.75) is 38.8 Å². The molecule has 20 heavy (non-hydrogen) atoms. The van der Waals surface area contributed by atoms with Gasteiger partial charge in [-0.3, -0.25) is 9.59 Å². The van der Waals surface area contributed by atoms with Crippen LogP contribution in [0, 0.1) is 5.41 Å². The predicted molar refractivity (Wildman–Crippen MR) is 75.2 cm³/mol. The number of amides is 1. The molecule has 0 saturated heterocycles. The minimum Gasteiger partial charge on any atom is -0.481 e. The van der Waals surface area contributed by atoms with E-state index in [1.165, 1.54) is 0 Å².